The molecule has 1 atom stereocenters. The Balaban J connectivity index is 2.16. The molecule has 0 radical (unpaired) electrons. The minimum absolute atomic E-state index is 0.0661. The van der Waals surface area contributed by atoms with E-state index in [9.17, 15) is 18.0 Å². The van der Waals surface area contributed by atoms with E-state index in [1.165, 1.54) is 12.1 Å². The van der Waals surface area contributed by atoms with Gasteiger partial charge < -0.3 is 15.0 Å². The van der Waals surface area contributed by atoms with Crippen LogP contribution in [0.2, 0.25) is 0 Å². The Morgan fingerprint density at radius 1 is 1.04 bits per heavy atom. The predicted octanol–water partition coefficient (Wildman–Crippen LogP) is 4.65. The molecule has 7 heteroatoms. The molecule has 0 aromatic heterocycles. The molecule has 1 unspecified atom stereocenters. The fourth-order valence-electron chi connectivity index (χ4n) is 2.63. The van der Waals surface area contributed by atoms with Crippen molar-refractivity contribution >= 4 is 11.6 Å². The van der Waals surface area contributed by atoms with Crippen molar-refractivity contribution in [2.24, 2.45) is 0 Å². The number of ether oxygens (including phenoxy) is 1. The second-order valence-corrected chi connectivity index (χ2v) is 5.93. The first-order valence-electron chi connectivity index (χ1n) is 8.74. The molecule has 0 heterocycles. The lowest BCUT2D eigenvalue weighted by Gasteiger charge is -2.27. The number of carbonyl (C=O) groups is 1. The number of amides is 1. The van der Waals surface area contributed by atoms with Crippen LogP contribution >= 0.6 is 0 Å². The lowest BCUT2D eigenvalue weighted by molar-refractivity contribution is -0.153. The zero-order valence-corrected chi connectivity index (χ0v) is 15.3. The van der Waals surface area contributed by atoms with Crippen molar-refractivity contribution in [3.63, 3.8) is 0 Å². The third kappa shape index (κ3) is 6.20. The second kappa shape index (κ2) is 9.30. The Morgan fingerprint density at radius 2 is 1.63 bits per heavy atom. The highest BCUT2D eigenvalue weighted by Crippen LogP contribution is 2.25. The van der Waals surface area contributed by atoms with Crippen molar-refractivity contribution in [1.82, 2.24) is 4.90 Å². The monoisotopic (exact) mass is 380 g/mol. The summed E-state index contributed by atoms with van der Waals surface area (Å²) in [7, 11) is 0. The highest BCUT2D eigenvalue weighted by Gasteiger charge is 2.28. The van der Waals surface area contributed by atoms with Gasteiger partial charge in [-0.25, -0.2) is 0 Å². The first-order valence-corrected chi connectivity index (χ1v) is 8.74. The van der Waals surface area contributed by atoms with E-state index in [0.29, 0.717) is 18.8 Å². The van der Waals surface area contributed by atoms with Crippen molar-refractivity contribution in [1.29, 1.82) is 0 Å². The molecule has 0 bridgehead atoms. The molecule has 0 saturated heterocycles. The van der Waals surface area contributed by atoms with Gasteiger partial charge in [0.05, 0.1) is 0 Å². The SMILES string of the molecule is CCN(CC)C(=O)C(Nc1ccc(OCC(F)(F)F)cc1)c1ccccc1. The van der Waals surface area contributed by atoms with Gasteiger partial charge in [0, 0.05) is 18.8 Å². The van der Waals surface area contributed by atoms with Gasteiger partial charge in [0.2, 0.25) is 5.91 Å². The highest BCUT2D eigenvalue weighted by molar-refractivity contribution is 5.86. The topological polar surface area (TPSA) is 41.6 Å². The van der Waals surface area contributed by atoms with E-state index in [4.69, 9.17) is 4.74 Å². The van der Waals surface area contributed by atoms with Crippen LogP contribution in [0.25, 0.3) is 0 Å². The fraction of sp³-hybridized carbons (Fsp3) is 0.350. The van der Waals surface area contributed by atoms with Crippen LogP contribution < -0.4 is 10.1 Å². The lowest BCUT2D eigenvalue weighted by atomic mass is 10.0. The number of carbonyl (C=O) groups excluding carboxylic acids is 1. The summed E-state index contributed by atoms with van der Waals surface area (Å²) in [4.78, 5) is 14.6. The van der Waals surface area contributed by atoms with E-state index in [-0.39, 0.29) is 11.7 Å². The molecule has 0 saturated carbocycles. The van der Waals surface area contributed by atoms with Gasteiger partial charge in [0.15, 0.2) is 6.61 Å². The third-order valence-corrected chi connectivity index (χ3v) is 4.02. The van der Waals surface area contributed by atoms with Crippen LogP contribution in [-0.4, -0.2) is 36.7 Å². The van der Waals surface area contributed by atoms with E-state index in [2.05, 4.69) is 5.32 Å². The zero-order chi connectivity index (χ0) is 19.9. The molecule has 146 valence electrons. The van der Waals surface area contributed by atoms with Gasteiger partial charge in [0.1, 0.15) is 11.8 Å². The molecule has 0 aliphatic heterocycles. The van der Waals surface area contributed by atoms with Gasteiger partial charge in [-0.05, 0) is 43.7 Å². The van der Waals surface area contributed by atoms with Crippen LogP contribution in [0.3, 0.4) is 0 Å². The van der Waals surface area contributed by atoms with Gasteiger partial charge in [-0.1, -0.05) is 30.3 Å². The number of likely N-dealkylation sites (N-methyl/N-ethyl adjacent to an activating group) is 1. The standard InChI is InChI=1S/C20H23F3N2O2/c1-3-25(4-2)19(26)18(15-8-6-5-7-9-15)24-16-10-12-17(13-11-16)27-14-20(21,22)23/h5-13,18,24H,3-4,14H2,1-2H3. The molecular weight excluding hydrogens is 357 g/mol. The second-order valence-electron chi connectivity index (χ2n) is 5.93. The number of rotatable bonds is 8. The molecule has 0 aliphatic rings. The maximum atomic E-state index is 12.9. The summed E-state index contributed by atoms with van der Waals surface area (Å²) in [6.45, 7) is 3.66. The molecule has 1 N–H and O–H groups in total. The number of nitrogens with zero attached hydrogens (tertiary/aromatic N) is 1. The maximum Gasteiger partial charge on any atom is 0.422 e. The van der Waals surface area contributed by atoms with E-state index in [1.807, 2.05) is 44.2 Å². The van der Waals surface area contributed by atoms with E-state index < -0.39 is 18.8 Å². The first-order chi connectivity index (χ1) is 12.8. The molecule has 4 nitrogen and oxygen atoms in total. The summed E-state index contributed by atoms with van der Waals surface area (Å²) in [5.41, 5.74) is 1.43. The predicted molar refractivity (Wildman–Crippen MR) is 98.7 cm³/mol. The van der Waals surface area contributed by atoms with Crippen LogP contribution in [0.4, 0.5) is 18.9 Å². The summed E-state index contributed by atoms with van der Waals surface area (Å²) in [5, 5.41) is 3.17. The number of halogens is 3. The van der Waals surface area contributed by atoms with Gasteiger partial charge in [-0.3, -0.25) is 4.79 Å². The molecular formula is C20H23F3N2O2. The largest absolute Gasteiger partial charge is 0.484 e. The zero-order valence-electron chi connectivity index (χ0n) is 15.3. The number of nitrogens with one attached hydrogen (secondary N) is 1. The molecule has 2 aromatic carbocycles. The number of hydrogen-bond acceptors (Lipinski definition) is 3. The average Bonchev–Trinajstić information content (AvgIpc) is 2.66. The molecule has 0 spiro atoms. The summed E-state index contributed by atoms with van der Waals surface area (Å²) in [6, 6.07) is 14.8. The van der Waals surface area contributed by atoms with Crippen LogP contribution in [0.1, 0.15) is 25.5 Å². The van der Waals surface area contributed by atoms with Crippen LogP contribution in [0.15, 0.2) is 54.6 Å². The Bertz CT molecular complexity index is 714. The van der Waals surface area contributed by atoms with Gasteiger partial charge >= 0.3 is 6.18 Å². The third-order valence-electron chi connectivity index (χ3n) is 4.02. The first kappa shape index (κ1) is 20.6. The normalized spacial score (nSPS) is 12.3. The number of alkyl halides is 3. The molecule has 1 amide bonds. The minimum atomic E-state index is -4.38. The van der Waals surface area contributed by atoms with E-state index in [0.717, 1.165) is 5.56 Å². The van der Waals surface area contributed by atoms with Crippen LogP contribution in [0, 0.1) is 0 Å². The van der Waals surface area contributed by atoms with Crippen molar-refractivity contribution in [2.75, 3.05) is 25.0 Å². The Labute approximate surface area is 156 Å². The van der Waals surface area contributed by atoms with Crippen molar-refractivity contribution in [3.8, 4) is 5.75 Å². The smallest absolute Gasteiger partial charge is 0.422 e. The fourth-order valence-corrected chi connectivity index (χ4v) is 2.63. The van der Waals surface area contributed by atoms with Crippen molar-refractivity contribution in [2.45, 2.75) is 26.1 Å². The summed E-state index contributed by atoms with van der Waals surface area (Å²) in [5.74, 6) is 0.0489. The number of anilines is 1. The Hall–Kier alpha value is -2.70. The van der Waals surface area contributed by atoms with Crippen molar-refractivity contribution < 1.29 is 22.7 Å². The minimum Gasteiger partial charge on any atom is -0.484 e. The van der Waals surface area contributed by atoms with Crippen LogP contribution in [-0.2, 0) is 4.79 Å². The average molecular weight is 380 g/mol. The quantitative estimate of drug-likeness (QED) is 0.725. The Kier molecular flexibility index (Phi) is 7.10. The lowest BCUT2D eigenvalue weighted by Crippen LogP contribution is -2.37. The summed E-state index contributed by atoms with van der Waals surface area (Å²) < 4.78 is 41.4. The van der Waals surface area contributed by atoms with Gasteiger partial charge in [0.25, 0.3) is 0 Å². The van der Waals surface area contributed by atoms with Crippen LogP contribution in [0.5, 0.6) is 5.75 Å². The molecule has 2 rings (SSSR count). The molecule has 27 heavy (non-hydrogen) atoms. The highest BCUT2D eigenvalue weighted by atomic mass is 19.4. The van der Waals surface area contributed by atoms with Gasteiger partial charge in [-0.2, -0.15) is 13.2 Å². The van der Waals surface area contributed by atoms with Crippen molar-refractivity contribution in [3.05, 3.63) is 60.2 Å². The van der Waals surface area contributed by atoms with Gasteiger partial charge in [-0.15, -0.1) is 0 Å². The molecule has 0 fully saturated rings. The molecule has 0 aliphatic carbocycles. The molecule has 2 aromatic rings. The van der Waals surface area contributed by atoms with E-state index in [1.54, 1.807) is 17.0 Å². The van der Waals surface area contributed by atoms with E-state index >= 15 is 0 Å². The summed E-state index contributed by atoms with van der Waals surface area (Å²) >= 11 is 0. The maximum absolute atomic E-state index is 12.9. The number of benzene rings is 2. The Morgan fingerprint density at radius 3 is 2.15 bits per heavy atom. The summed E-state index contributed by atoms with van der Waals surface area (Å²) in [6.07, 6.45) is -4.38. The number of hydrogen-bond donors (Lipinski definition) is 1.